The summed E-state index contributed by atoms with van der Waals surface area (Å²) in [5, 5.41) is 7.12. The molecule has 3 heterocycles. The number of ether oxygens (including phenoxy) is 2. The number of alkyl halides is 3. The number of hydrogen-bond acceptors (Lipinski definition) is 6. The van der Waals surface area contributed by atoms with Crippen molar-refractivity contribution >= 4 is 5.97 Å². The molecule has 10 heteroatoms. The predicted octanol–water partition coefficient (Wildman–Crippen LogP) is 2.13. The summed E-state index contributed by atoms with van der Waals surface area (Å²) >= 11 is 0. The smallest absolute Gasteiger partial charge is 0.475 e. The van der Waals surface area contributed by atoms with E-state index in [1.165, 1.54) is 0 Å². The van der Waals surface area contributed by atoms with Crippen molar-refractivity contribution < 1.29 is 32.5 Å². The number of halogens is 3. The molecule has 0 saturated carbocycles. The number of nitrogens with zero attached hydrogens (tertiary/aromatic N) is 3. The van der Waals surface area contributed by atoms with Crippen molar-refractivity contribution in [2.75, 3.05) is 19.7 Å². The van der Waals surface area contributed by atoms with E-state index in [1.807, 2.05) is 0 Å². The molecule has 146 valence electrons. The number of carboxylic acids is 1. The molecule has 1 aromatic heterocycles. The monoisotopic (exact) mass is 377 g/mol. The number of likely N-dealkylation sites (tertiary alicyclic amines) is 1. The highest BCUT2D eigenvalue weighted by Crippen LogP contribution is 2.36. The second-order valence-electron chi connectivity index (χ2n) is 6.60. The zero-order valence-electron chi connectivity index (χ0n) is 14.6. The van der Waals surface area contributed by atoms with Crippen LogP contribution < -0.4 is 4.74 Å². The van der Waals surface area contributed by atoms with Gasteiger partial charge < -0.3 is 14.6 Å². The van der Waals surface area contributed by atoms with Gasteiger partial charge in [-0.25, -0.2) is 14.8 Å². The molecule has 0 aromatic carbocycles. The molecular weight excluding hydrogens is 355 g/mol. The maximum absolute atomic E-state index is 10.6. The van der Waals surface area contributed by atoms with Crippen LogP contribution in [0, 0.1) is 0 Å². The first-order chi connectivity index (χ1) is 12.1. The van der Waals surface area contributed by atoms with Crippen molar-refractivity contribution in [3.05, 3.63) is 18.5 Å². The lowest BCUT2D eigenvalue weighted by Gasteiger charge is -2.54. The summed E-state index contributed by atoms with van der Waals surface area (Å²) < 4.78 is 43.6. The molecule has 0 aliphatic carbocycles. The van der Waals surface area contributed by atoms with Gasteiger partial charge in [-0.15, -0.1) is 0 Å². The first kappa shape index (κ1) is 20.4. The van der Waals surface area contributed by atoms with E-state index >= 15 is 0 Å². The van der Waals surface area contributed by atoms with Crippen LogP contribution in [0.4, 0.5) is 13.2 Å². The third-order valence-corrected chi connectivity index (χ3v) is 4.22. The zero-order valence-corrected chi connectivity index (χ0v) is 14.6. The molecule has 1 aromatic rings. The van der Waals surface area contributed by atoms with Gasteiger partial charge in [0.05, 0.1) is 12.2 Å². The van der Waals surface area contributed by atoms with Gasteiger partial charge in [0.25, 0.3) is 0 Å². The van der Waals surface area contributed by atoms with Crippen LogP contribution in [0.1, 0.15) is 26.7 Å². The van der Waals surface area contributed by atoms with E-state index in [9.17, 15) is 13.2 Å². The third-order valence-electron chi connectivity index (χ3n) is 4.22. The minimum Gasteiger partial charge on any atom is -0.475 e. The quantitative estimate of drug-likeness (QED) is 0.864. The van der Waals surface area contributed by atoms with Crippen LogP contribution in [-0.2, 0) is 9.53 Å². The fourth-order valence-electron chi connectivity index (χ4n) is 2.86. The summed E-state index contributed by atoms with van der Waals surface area (Å²) in [6.07, 6.45) is 0.365. The Kier molecular flexibility index (Phi) is 6.40. The van der Waals surface area contributed by atoms with Gasteiger partial charge in [0.15, 0.2) is 0 Å². The maximum Gasteiger partial charge on any atom is 0.490 e. The topological polar surface area (TPSA) is 84.8 Å². The van der Waals surface area contributed by atoms with Crippen LogP contribution in [0.25, 0.3) is 0 Å². The van der Waals surface area contributed by atoms with Gasteiger partial charge in [-0.2, -0.15) is 13.2 Å². The van der Waals surface area contributed by atoms with E-state index in [4.69, 9.17) is 19.4 Å². The van der Waals surface area contributed by atoms with Crippen LogP contribution in [0.5, 0.6) is 6.01 Å². The largest absolute Gasteiger partial charge is 0.490 e. The lowest BCUT2D eigenvalue weighted by Crippen LogP contribution is -2.67. The second kappa shape index (κ2) is 8.17. The Balaban J connectivity index is 0.000000298. The van der Waals surface area contributed by atoms with Gasteiger partial charge in [-0.3, -0.25) is 4.90 Å². The van der Waals surface area contributed by atoms with E-state index < -0.39 is 12.1 Å². The van der Waals surface area contributed by atoms with E-state index in [0.717, 1.165) is 32.5 Å². The molecule has 7 nitrogen and oxygen atoms in total. The van der Waals surface area contributed by atoms with Crippen molar-refractivity contribution in [3.63, 3.8) is 0 Å². The number of carbonyl (C=O) groups is 1. The molecule has 26 heavy (non-hydrogen) atoms. The number of aromatic nitrogens is 2. The van der Waals surface area contributed by atoms with Crippen molar-refractivity contribution in [3.8, 4) is 6.01 Å². The molecule has 1 N–H and O–H groups in total. The Labute approximate surface area is 149 Å². The molecule has 2 aliphatic rings. The SMILES string of the molecule is CC(C)N1CC2(CC(Oc3ncccn3)CCO2)C1.O=C(O)C(F)(F)F. The summed E-state index contributed by atoms with van der Waals surface area (Å²) in [5.74, 6) is -2.76. The molecule has 2 saturated heterocycles. The molecule has 2 aliphatic heterocycles. The number of aliphatic carboxylic acids is 1. The average molecular weight is 377 g/mol. The van der Waals surface area contributed by atoms with Crippen molar-refractivity contribution in [1.29, 1.82) is 0 Å². The first-order valence-corrected chi connectivity index (χ1v) is 8.23. The summed E-state index contributed by atoms with van der Waals surface area (Å²) in [4.78, 5) is 19.6. The molecule has 0 radical (unpaired) electrons. The fraction of sp³-hybridized carbons (Fsp3) is 0.688. The predicted molar refractivity (Wildman–Crippen MR) is 84.8 cm³/mol. The lowest BCUT2D eigenvalue weighted by atomic mass is 9.84. The Morgan fingerprint density at radius 1 is 1.38 bits per heavy atom. The highest BCUT2D eigenvalue weighted by atomic mass is 19.4. The lowest BCUT2D eigenvalue weighted by molar-refractivity contribution is -0.193. The van der Waals surface area contributed by atoms with Gasteiger partial charge >= 0.3 is 18.2 Å². The van der Waals surface area contributed by atoms with Gasteiger partial charge in [0.1, 0.15) is 6.10 Å². The maximum atomic E-state index is 10.6. The molecule has 1 unspecified atom stereocenters. The van der Waals surface area contributed by atoms with Crippen molar-refractivity contribution in [2.24, 2.45) is 0 Å². The van der Waals surface area contributed by atoms with Crippen LogP contribution >= 0.6 is 0 Å². The van der Waals surface area contributed by atoms with E-state index in [-0.39, 0.29) is 11.7 Å². The molecule has 0 bridgehead atoms. The van der Waals surface area contributed by atoms with Crippen LogP contribution in [0.3, 0.4) is 0 Å². The van der Waals surface area contributed by atoms with Crippen LogP contribution in [-0.4, -0.2) is 69.6 Å². The van der Waals surface area contributed by atoms with Crippen molar-refractivity contribution in [1.82, 2.24) is 14.9 Å². The highest BCUT2D eigenvalue weighted by Gasteiger charge is 2.48. The Morgan fingerprint density at radius 2 is 1.96 bits per heavy atom. The average Bonchev–Trinajstić information content (AvgIpc) is 2.53. The summed E-state index contributed by atoms with van der Waals surface area (Å²) in [5.41, 5.74) is 0.00195. The van der Waals surface area contributed by atoms with E-state index in [0.29, 0.717) is 12.1 Å². The minimum atomic E-state index is -5.08. The van der Waals surface area contributed by atoms with Gasteiger partial charge in [-0.05, 0) is 19.9 Å². The van der Waals surface area contributed by atoms with Gasteiger partial charge in [-0.1, -0.05) is 0 Å². The van der Waals surface area contributed by atoms with E-state index in [2.05, 4.69) is 28.7 Å². The summed E-state index contributed by atoms with van der Waals surface area (Å²) in [6, 6.07) is 2.86. The molecule has 0 amide bonds. The molecule has 3 rings (SSSR count). The van der Waals surface area contributed by atoms with Crippen LogP contribution in [0.15, 0.2) is 18.5 Å². The first-order valence-electron chi connectivity index (χ1n) is 8.23. The summed E-state index contributed by atoms with van der Waals surface area (Å²) in [6.45, 7) is 7.24. The molecule has 1 atom stereocenters. The number of rotatable bonds is 3. The third kappa shape index (κ3) is 5.53. The highest BCUT2D eigenvalue weighted by molar-refractivity contribution is 5.73. The fourth-order valence-corrected chi connectivity index (χ4v) is 2.86. The van der Waals surface area contributed by atoms with Gasteiger partial charge in [0.2, 0.25) is 0 Å². The normalized spacial score (nSPS) is 22.3. The van der Waals surface area contributed by atoms with Crippen molar-refractivity contribution in [2.45, 2.75) is 50.6 Å². The summed E-state index contributed by atoms with van der Waals surface area (Å²) in [7, 11) is 0. The van der Waals surface area contributed by atoms with Gasteiger partial charge in [0, 0.05) is 44.4 Å². The Bertz CT molecular complexity index is 592. The zero-order chi connectivity index (χ0) is 19.4. The standard InChI is InChI=1S/C14H21N3O2.C2HF3O2/c1-11(2)17-9-14(10-17)8-12(4-7-18-14)19-13-15-5-3-6-16-13;3-2(4,5)1(6)7/h3,5-6,11-12H,4,7-10H2,1-2H3;(H,6,7). The molecule has 1 spiro atoms. The molecular formula is C16H22F3N3O4. The van der Waals surface area contributed by atoms with Crippen LogP contribution in [0.2, 0.25) is 0 Å². The second-order valence-corrected chi connectivity index (χ2v) is 6.60. The Hall–Kier alpha value is -1.94. The number of carboxylic acid groups (broad SMARTS) is 1. The minimum absolute atomic E-state index is 0.00195. The number of hydrogen-bond donors (Lipinski definition) is 1. The van der Waals surface area contributed by atoms with E-state index in [1.54, 1.807) is 18.5 Å². The Morgan fingerprint density at radius 3 is 2.46 bits per heavy atom. The molecule has 2 fully saturated rings.